The van der Waals surface area contributed by atoms with Crippen molar-refractivity contribution in [2.24, 2.45) is 5.92 Å². The molecular formula is C19H23F3N6O2. The summed E-state index contributed by atoms with van der Waals surface area (Å²) in [5.41, 5.74) is 0.910. The lowest BCUT2D eigenvalue weighted by Gasteiger charge is -2.22. The van der Waals surface area contributed by atoms with Crippen molar-refractivity contribution < 1.29 is 22.8 Å². The summed E-state index contributed by atoms with van der Waals surface area (Å²) in [6, 6.07) is -0.370. The first-order valence-electron chi connectivity index (χ1n) is 9.89. The highest BCUT2D eigenvalue weighted by atomic mass is 19.4. The molecule has 3 heterocycles. The smallest absolute Gasteiger partial charge is 0.339 e. The van der Waals surface area contributed by atoms with Gasteiger partial charge in [0.2, 0.25) is 0 Å². The topological polar surface area (TPSA) is 82.8 Å². The number of carbonyl (C=O) groups excluding carboxylic acids is 2. The first-order valence-corrected chi connectivity index (χ1v) is 9.89. The summed E-state index contributed by atoms with van der Waals surface area (Å²) in [6.45, 7) is 6.56. The van der Waals surface area contributed by atoms with Gasteiger partial charge in [-0.25, -0.2) is 14.3 Å². The van der Waals surface area contributed by atoms with Gasteiger partial charge in [-0.3, -0.25) is 9.69 Å². The van der Waals surface area contributed by atoms with Gasteiger partial charge in [0.15, 0.2) is 17.2 Å². The minimum Gasteiger partial charge on any atom is -0.339 e. The summed E-state index contributed by atoms with van der Waals surface area (Å²) >= 11 is 0. The van der Waals surface area contributed by atoms with E-state index in [1.807, 2.05) is 13.8 Å². The molecule has 1 aliphatic carbocycles. The third kappa shape index (κ3) is 3.56. The van der Waals surface area contributed by atoms with Gasteiger partial charge in [0.1, 0.15) is 6.04 Å². The quantitative estimate of drug-likeness (QED) is 0.800. The lowest BCUT2D eigenvalue weighted by Crippen LogP contribution is -2.47. The molecular weight excluding hydrogens is 401 g/mol. The molecule has 2 aromatic rings. The number of halogens is 3. The number of aryl methyl sites for hydroxylation is 1. The van der Waals surface area contributed by atoms with E-state index in [0.717, 1.165) is 0 Å². The predicted octanol–water partition coefficient (Wildman–Crippen LogP) is 2.76. The van der Waals surface area contributed by atoms with E-state index in [-0.39, 0.29) is 17.8 Å². The van der Waals surface area contributed by atoms with Crippen LogP contribution in [0.25, 0.3) is 5.65 Å². The van der Waals surface area contributed by atoms with Gasteiger partial charge in [-0.1, -0.05) is 0 Å². The molecule has 1 N–H and O–H groups in total. The molecule has 0 aromatic carbocycles. The number of alkyl halides is 3. The lowest BCUT2D eigenvalue weighted by molar-refractivity contribution is -0.158. The standard InChI is InChI=1S/C19H23F3N6O2/c1-10(2)26-6-7-27(18(26)30)14-8-11(3)16-23-9-13(28(16)25-14)17(29)24-15(12-4-5-12)19(20,21)22/h8-10,12,15H,4-7H2,1-3H3,(H,24,29). The minimum atomic E-state index is -4.52. The summed E-state index contributed by atoms with van der Waals surface area (Å²) in [7, 11) is 0. The Morgan fingerprint density at radius 1 is 1.27 bits per heavy atom. The van der Waals surface area contributed by atoms with Crippen LogP contribution in [0.1, 0.15) is 42.7 Å². The number of aromatic nitrogens is 3. The predicted molar refractivity (Wildman–Crippen MR) is 102 cm³/mol. The summed E-state index contributed by atoms with van der Waals surface area (Å²) in [6.07, 6.45) is -2.44. The third-order valence-electron chi connectivity index (χ3n) is 5.55. The highest BCUT2D eigenvalue weighted by Gasteiger charge is 2.50. The van der Waals surface area contributed by atoms with E-state index in [1.165, 1.54) is 15.6 Å². The Morgan fingerprint density at radius 2 is 1.97 bits per heavy atom. The average molecular weight is 424 g/mol. The fraction of sp³-hybridized carbons (Fsp3) is 0.579. The Balaban J connectivity index is 1.66. The second-order valence-electron chi connectivity index (χ2n) is 8.12. The van der Waals surface area contributed by atoms with Gasteiger partial charge in [-0.2, -0.15) is 13.2 Å². The minimum absolute atomic E-state index is 0.0311. The number of nitrogens with zero attached hydrogens (tertiary/aromatic N) is 5. The summed E-state index contributed by atoms with van der Waals surface area (Å²) in [5.74, 6) is -1.16. The Labute approximate surface area is 171 Å². The number of urea groups is 1. The van der Waals surface area contributed by atoms with E-state index in [0.29, 0.717) is 43.0 Å². The highest BCUT2D eigenvalue weighted by molar-refractivity contribution is 5.95. The van der Waals surface area contributed by atoms with Crippen LogP contribution < -0.4 is 10.2 Å². The second kappa shape index (κ2) is 7.13. The van der Waals surface area contributed by atoms with E-state index in [1.54, 1.807) is 17.9 Å². The highest BCUT2D eigenvalue weighted by Crippen LogP contribution is 2.40. The Hall–Kier alpha value is -2.85. The van der Waals surface area contributed by atoms with Crippen LogP contribution in [0.15, 0.2) is 12.3 Å². The maximum atomic E-state index is 13.3. The monoisotopic (exact) mass is 424 g/mol. The van der Waals surface area contributed by atoms with Crippen LogP contribution in [0, 0.1) is 12.8 Å². The molecule has 0 radical (unpaired) electrons. The molecule has 162 valence electrons. The molecule has 4 rings (SSSR count). The van der Waals surface area contributed by atoms with E-state index in [4.69, 9.17) is 0 Å². The van der Waals surface area contributed by atoms with Gasteiger partial charge in [-0.15, -0.1) is 5.10 Å². The van der Waals surface area contributed by atoms with Crippen molar-refractivity contribution in [2.45, 2.75) is 51.9 Å². The van der Waals surface area contributed by atoms with E-state index in [9.17, 15) is 22.8 Å². The van der Waals surface area contributed by atoms with Gasteiger partial charge in [0, 0.05) is 19.1 Å². The second-order valence-corrected chi connectivity index (χ2v) is 8.12. The molecule has 2 fully saturated rings. The molecule has 1 saturated carbocycles. The zero-order valence-corrected chi connectivity index (χ0v) is 16.9. The summed E-state index contributed by atoms with van der Waals surface area (Å²) in [5, 5.41) is 6.46. The first kappa shape index (κ1) is 20.4. The molecule has 2 aliphatic rings. The number of rotatable bonds is 5. The number of hydrogen-bond acceptors (Lipinski definition) is 4. The number of anilines is 1. The maximum absolute atomic E-state index is 13.3. The van der Waals surface area contributed by atoms with Crippen molar-refractivity contribution in [3.8, 4) is 0 Å². The van der Waals surface area contributed by atoms with Crippen molar-refractivity contribution in [2.75, 3.05) is 18.0 Å². The number of carbonyl (C=O) groups is 2. The number of fused-ring (bicyclic) bond motifs is 1. The molecule has 0 bridgehead atoms. The third-order valence-corrected chi connectivity index (χ3v) is 5.55. The van der Waals surface area contributed by atoms with Gasteiger partial charge < -0.3 is 10.2 Å². The Kier molecular flexibility index (Phi) is 4.86. The van der Waals surface area contributed by atoms with Gasteiger partial charge in [0.25, 0.3) is 5.91 Å². The van der Waals surface area contributed by atoms with E-state index in [2.05, 4.69) is 15.4 Å². The molecule has 2 aromatic heterocycles. The zero-order valence-electron chi connectivity index (χ0n) is 16.9. The molecule has 3 amide bonds. The van der Waals surface area contributed by atoms with Crippen molar-refractivity contribution in [1.29, 1.82) is 0 Å². The van der Waals surface area contributed by atoms with Gasteiger partial charge >= 0.3 is 12.2 Å². The van der Waals surface area contributed by atoms with Gasteiger partial charge in [-0.05, 0) is 51.2 Å². The molecule has 1 atom stereocenters. The molecule has 8 nitrogen and oxygen atoms in total. The number of imidazole rings is 1. The van der Waals surface area contributed by atoms with Crippen LogP contribution in [-0.2, 0) is 0 Å². The maximum Gasteiger partial charge on any atom is 0.408 e. The Bertz CT molecular complexity index is 998. The Morgan fingerprint density at radius 3 is 2.53 bits per heavy atom. The van der Waals surface area contributed by atoms with Crippen LogP contribution in [0.5, 0.6) is 0 Å². The fourth-order valence-electron chi connectivity index (χ4n) is 3.75. The molecule has 1 saturated heterocycles. The molecule has 11 heteroatoms. The first-order chi connectivity index (χ1) is 14.1. The van der Waals surface area contributed by atoms with Crippen molar-refractivity contribution in [3.05, 3.63) is 23.5 Å². The van der Waals surface area contributed by atoms with Crippen LogP contribution in [0.4, 0.5) is 23.8 Å². The van der Waals surface area contributed by atoms with E-state index >= 15 is 0 Å². The number of nitrogens with one attached hydrogen (secondary N) is 1. The van der Waals surface area contributed by atoms with Crippen LogP contribution in [0.2, 0.25) is 0 Å². The van der Waals surface area contributed by atoms with Gasteiger partial charge in [0.05, 0.1) is 6.20 Å². The molecule has 30 heavy (non-hydrogen) atoms. The largest absolute Gasteiger partial charge is 0.408 e. The van der Waals surface area contributed by atoms with Crippen molar-refractivity contribution >= 4 is 23.4 Å². The SMILES string of the molecule is Cc1cc(N2CCN(C(C)C)C2=O)nn2c(C(=O)NC(C3CC3)C(F)(F)F)cnc12. The zero-order chi connectivity index (χ0) is 21.8. The number of amides is 3. The molecule has 1 aliphatic heterocycles. The average Bonchev–Trinajstić information content (AvgIpc) is 3.26. The summed E-state index contributed by atoms with van der Waals surface area (Å²) < 4.78 is 41.1. The van der Waals surface area contributed by atoms with Crippen molar-refractivity contribution in [3.63, 3.8) is 0 Å². The van der Waals surface area contributed by atoms with Crippen molar-refractivity contribution in [1.82, 2.24) is 24.8 Å². The molecule has 0 spiro atoms. The number of hydrogen-bond donors (Lipinski definition) is 1. The molecule has 1 unspecified atom stereocenters. The normalized spacial score (nSPS) is 18.6. The van der Waals surface area contributed by atoms with E-state index < -0.39 is 24.0 Å². The lowest BCUT2D eigenvalue weighted by atomic mass is 10.1. The summed E-state index contributed by atoms with van der Waals surface area (Å²) in [4.78, 5) is 32.7. The van der Waals surface area contributed by atoms with Crippen LogP contribution in [-0.4, -0.2) is 62.8 Å². The fourth-order valence-corrected chi connectivity index (χ4v) is 3.75. The van der Waals surface area contributed by atoms with Crippen LogP contribution >= 0.6 is 0 Å². The van der Waals surface area contributed by atoms with Crippen LogP contribution in [0.3, 0.4) is 0 Å².